The van der Waals surface area contributed by atoms with Crippen LogP contribution in [-0.2, 0) is 19.4 Å². The number of aliphatic hydroxyl groups is 1. The molecular formula is C14H17N3O2. The summed E-state index contributed by atoms with van der Waals surface area (Å²) in [7, 11) is 1.66. The molecule has 0 fully saturated rings. The molecule has 0 bridgehead atoms. The highest BCUT2D eigenvalue weighted by Gasteiger charge is 2.19. The number of rotatable bonds is 3. The van der Waals surface area contributed by atoms with Crippen LogP contribution >= 0.6 is 0 Å². The highest BCUT2D eigenvalue weighted by molar-refractivity contribution is 5.28. The Morgan fingerprint density at radius 3 is 2.89 bits per heavy atom. The minimum absolute atomic E-state index is 0.273. The Kier molecular flexibility index (Phi) is 3.21. The summed E-state index contributed by atoms with van der Waals surface area (Å²) in [6.45, 7) is 0.756. The Morgan fingerprint density at radius 2 is 2.16 bits per heavy atom. The molecule has 100 valence electrons. The van der Waals surface area contributed by atoms with Crippen LogP contribution in [0, 0.1) is 0 Å². The molecule has 19 heavy (non-hydrogen) atoms. The zero-order chi connectivity index (χ0) is 13.2. The van der Waals surface area contributed by atoms with Gasteiger partial charge in [0.05, 0.1) is 13.2 Å². The Balaban J connectivity index is 1.76. The van der Waals surface area contributed by atoms with Crippen LogP contribution in [0.3, 0.4) is 0 Å². The molecule has 1 aromatic carbocycles. The number of aromatic nitrogens is 3. The smallest absolute Gasteiger partial charge is 0.155 e. The van der Waals surface area contributed by atoms with Crippen molar-refractivity contribution in [3.8, 4) is 5.75 Å². The van der Waals surface area contributed by atoms with Crippen LogP contribution < -0.4 is 4.74 Å². The van der Waals surface area contributed by atoms with Gasteiger partial charge in [-0.05, 0) is 24.1 Å². The molecule has 1 aromatic heterocycles. The van der Waals surface area contributed by atoms with E-state index in [1.165, 1.54) is 0 Å². The normalized spacial score (nSPS) is 18.1. The maximum absolute atomic E-state index is 9.62. The van der Waals surface area contributed by atoms with Crippen LogP contribution in [0.5, 0.6) is 5.75 Å². The number of nitrogens with zero attached hydrogens (tertiary/aromatic N) is 3. The van der Waals surface area contributed by atoms with Crippen LogP contribution in [0.15, 0.2) is 24.3 Å². The monoisotopic (exact) mass is 259 g/mol. The van der Waals surface area contributed by atoms with E-state index in [4.69, 9.17) is 4.74 Å². The van der Waals surface area contributed by atoms with E-state index in [1.807, 2.05) is 28.9 Å². The Morgan fingerprint density at radius 1 is 1.37 bits per heavy atom. The van der Waals surface area contributed by atoms with Crippen LogP contribution in [0.4, 0.5) is 0 Å². The average molecular weight is 259 g/mol. The van der Waals surface area contributed by atoms with Gasteiger partial charge in [0.25, 0.3) is 0 Å². The summed E-state index contributed by atoms with van der Waals surface area (Å²) in [6, 6.07) is 7.92. The Hall–Kier alpha value is -1.88. The number of ether oxygens (including phenoxy) is 1. The largest absolute Gasteiger partial charge is 0.497 e. The van der Waals surface area contributed by atoms with E-state index in [0.29, 0.717) is 12.8 Å². The van der Waals surface area contributed by atoms with E-state index in [1.54, 1.807) is 7.11 Å². The van der Waals surface area contributed by atoms with Gasteiger partial charge in [-0.25, -0.2) is 9.67 Å². The molecule has 5 nitrogen and oxygen atoms in total. The lowest BCUT2D eigenvalue weighted by Crippen LogP contribution is -2.23. The summed E-state index contributed by atoms with van der Waals surface area (Å²) < 4.78 is 7.04. The molecule has 1 atom stereocenters. The summed E-state index contributed by atoms with van der Waals surface area (Å²) in [5, 5.41) is 14.1. The highest BCUT2D eigenvalue weighted by Crippen LogP contribution is 2.16. The van der Waals surface area contributed by atoms with Crippen molar-refractivity contribution in [3.63, 3.8) is 0 Å². The molecule has 0 amide bonds. The summed E-state index contributed by atoms with van der Waals surface area (Å²) in [4.78, 5) is 4.50. The molecule has 0 aliphatic carbocycles. The fraction of sp³-hybridized carbons (Fsp3) is 0.429. The van der Waals surface area contributed by atoms with E-state index in [-0.39, 0.29) is 6.10 Å². The maximum atomic E-state index is 9.62. The second-order valence-corrected chi connectivity index (χ2v) is 4.84. The van der Waals surface area contributed by atoms with Crippen molar-refractivity contribution < 1.29 is 9.84 Å². The first-order valence-corrected chi connectivity index (χ1v) is 6.48. The van der Waals surface area contributed by atoms with Gasteiger partial charge < -0.3 is 9.84 Å². The van der Waals surface area contributed by atoms with E-state index < -0.39 is 0 Å². The molecule has 0 spiro atoms. The van der Waals surface area contributed by atoms with Gasteiger partial charge in [0.15, 0.2) is 5.82 Å². The fourth-order valence-corrected chi connectivity index (χ4v) is 2.34. The van der Waals surface area contributed by atoms with Gasteiger partial charge >= 0.3 is 0 Å². The third kappa shape index (κ3) is 2.61. The van der Waals surface area contributed by atoms with E-state index >= 15 is 0 Å². The van der Waals surface area contributed by atoms with Gasteiger partial charge in [0.2, 0.25) is 0 Å². The van der Waals surface area contributed by atoms with Crippen LogP contribution in [0.1, 0.15) is 23.6 Å². The van der Waals surface area contributed by atoms with Gasteiger partial charge in [0, 0.05) is 19.4 Å². The SMILES string of the molecule is COc1ccc(Cc2nc3n(n2)CCC(O)C3)cc1. The molecule has 5 heteroatoms. The first kappa shape index (κ1) is 12.2. The van der Waals surface area contributed by atoms with Crippen LogP contribution in [-0.4, -0.2) is 33.1 Å². The molecule has 2 aromatic rings. The molecule has 1 aliphatic heterocycles. The van der Waals surface area contributed by atoms with Crippen molar-refractivity contribution in [1.82, 2.24) is 14.8 Å². The summed E-state index contributed by atoms with van der Waals surface area (Å²) in [5.41, 5.74) is 1.16. The van der Waals surface area contributed by atoms with Crippen molar-refractivity contribution >= 4 is 0 Å². The average Bonchev–Trinajstić information content (AvgIpc) is 2.81. The van der Waals surface area contributed by atoms with E-state index in [0.717, 1.165) is 35.9 Å². The number of aryl methyl sites for hydroxylation is 1. The quantitative estimate of drug-likeness (QED) is 0.899. The van der Waals surface area contributed by atoms with E-state index in [9.17, 15) is 5.11 Å². The fourth-order valence-electron chi connectivity index (χ4n) is 2.34. The van der Waals surface area contributed by atoms with Gasteiger partial charge in [-0.2, -0.15) is 5.10 Å². The summed E-state index contributed by atoms with van der Waals surface area (Å²) >= 11 is 0. The predicted octanol–water partition coefficient (Wildman–Crippen LogP) is 1.18. The Bertz CT molecular complexity index is 563. The lowest BCUT2D eigenvalue weighted by atomic mass is 10.1. The lowest BCUT2D eigenvalue weighted by molar-refractivity contribution is 0.138. The van der Waals surface area contributed by atoms with Crippen molar-refractivity contribution in [2.45, 2.75) is 31.9 Å². The Labute approximate surface area is 111 Å². The summed E-state index contributed by atoms with van der Waals surface area (Å²) in [6.07, 6.45) is 1.80. The van der Waals surface area contributed by atoms with Crippen molar-refractivity contribution in [3.05, 3.63) is 41.5 Å². The molecule has 2 heterocycles. The van der Waals surface area contributed by atoms with Gasteiger partial charge in [-0.3, -0.25) is 0 Å². The first-order chi connectivity index (χ1) is 9.24. The molecule has 0 saturated carbocycles. The molecular weight excluding hydrogens is 242 g/mol. The molecule has 0 saturated heterocycles. The first-order valence-electron chi connectivity index (χ1n) is 6.48. The standard InChI is InChI=1S/C14H17N3O2/c1-19-12-4-2-10(3-5-12)8-13-15-14-9-11(18)6-7-17(14)16-13/h2-5,11,18H,6-9H2,1H3. The van der Waals surface area contributed by atoms with Crippen molar-refractivity contribution in [2.24, 2.45) is 0 Å². The third-order valence-corrected chi connectivity index (χ3v) is 3.41. The number of hydrogen-bond acceptors (Lipinski definition) is 4. The van der Waals surface area contributed by atoms with Gasteiger partial charge in [-0.1, -0.05) is 12.1 Å². The summed E-state index contributed by atoms with van der Waals surface area (Å²) in [5.74, 6) is 2.56. The molecule has 1 N–H and O–H groups in total. The zero-order valence-electron chi connectivity index (χ0n) is 10.9. The van der Waals surface area contributed by atoms with Crippen LogP contribution in [0.2, 0.25) is 0 Å². The predicted molar refractivity (Wildman–Crippen MR) is 70.1 cm³/mol. The van der Waals surface area contributed by atoms with Crippen molar-refractivity contribution in [2.75, 3.05) is 7.11 Å². The second-order valence-electron chi connectivity index (χ2n) is 4.84. The number of fused-ring (bicyclic) bond motifs is 1. The number of methoxy groups -OCH3 is 1. The zero-order valence-corrected chi connectivity index (χ0v) is 10.9. The van der Waals surface area contributed by atoms with Crippen molar-refractivity contribution in [1.29, 1.82) is 0 Å². The maximum Gasteiger partial charge on any atom is 0.155 e. The van der Waals surface area contributed by atoms with Gasteiger partial charge in [0.1, 0.15) is 11.6 Å². The minimum atomic E-state index is -0.273. The number of benzene rings is 1. The molecule has 1 aliphatic rings. The molecule has 1 unspecified atom stereocenters. The second kappa shape index (κ2) is 5.01. The highest BCUT2D eigenvalue weighted by atomic mass is 16.5. The van der Waals surface area contributed by atoms with Gasteiger partial charge in [-0.15, -0.1) is 0 Å². The number of hydrogen-bond donors (Lipinski definition) is 1. The molecule has 3 rings (SSSR count). The third-order valence-electron chi connectivity index (χ3n) is 3.41. The molecule has 0 radical (unpaired) electrons. The number of aliphatic hydroxyl groups excluding tert-OH is 1. The lowest BCUT2D eigenvalue weighted by Gasteiger charge is -2.16. The van der Waals surface area contributed by atoms with E-state index in [2.05, 4.69) is 10.1 Å². The van der Waals surface area contributed by atoms with Crippen LogP contribution in [0.25, 0.3) is 0 Å². The minimum Gasteiger partial charge on any atom is -0.497 e. The topological polar surface area (TPSA) is 60.2 Å².